The Morgan fingerprint density at radius 2 is 1.30 bits per heavy atom. The summed E-state index contributed by atoms with van der Waals surface area (Å²) in [6.07, 6.45) is -2.09. The normalized spacial score (nSPS) is 17.4. The van der Waals surface area contributed by atoms with E-state index in [0.717, 1.165) is 6.07 Å². The van der Waals surface area contributed by atoms with Gasteiger partial charge in [0.15, 0.2) is 17.0 Å². The fraction of sp³-hybridized carbons (Fsp3) is 0.0833. The third-order valence-electron chi connectivity index (χ3n) is 5.65. The van der Waals surface area contributed by atoms with Gasteiger partial charge in [-0.15, -0.1) is 0 Å². The highest BCUT2D eigenvalue weighted by Gasteiger charge is 2.59. The van der Waals surface area contributed by atoms with Crippen LogP contribution in [0.15, 0.2) is 81.6 Å². The van der Waals surface area contributed by atoms with E-state index in [2.05, 4.69) is 0 Å². The summed E-state index contributed by atoms with van der Waals surface area (Å²) in [7, 11) is 0. The van der Waals surface area contributed by atoms with Crippen LogP contribution in [-0.4, -0.2) is 6.36 Å². The van der Waals surface area contributed by atoms with Gasteiger partial charge in [-0.3, -0.25) is 0 Å². The number of ether oxygens (including phenoxy) is 1. The highest BCUT2D eigenvalue weighted by atomic mass is 19.2. The minimum atomic E-state index is -2.09. The monoisotopic (exact) mass is 406 g/mol. The summed E-state index contributed by atoms with van der Waals surface area (Å²) < 4.78 is 62.4. The highest BCUT2D eigenvalue weighted by molar-refractivity contribution is 5.81. The van der Waals surface area contributed by atoms with Gasteiger partial charge in [-0.1, -0.05) is 36.4 Å². The van der Waals surface area contributed by atoms with Crippen LogP contribution in [0.1, 0.15) is 17.1 Å². The summed E-state index contributed by atoms with van der Waals surface area (Å²) in [6, 6.07) is 19.5. The molecule has 5 aromatic rings. The zero-order chi connectivity index (χ0) is 20.5. The van der Waals surface area contributed by atoms with Crippen LogP contribution in [0, 0.1) is 11.6 Å². The fourth-order valence-corrected chi connectivity index (χ4v) is 4.26. The van der Waals surface area contributed by atoms with Crippen LogP contribution in [0.4, 0.5) is 13.2 Å². The van der Waals surface area contributed by atoms with Gasteiger partial charge in [0.05, 0.1) is 5.56 Å². The van der Waals surface area contributed by atoms with Gasteiger partial charge in [0.25, 0.3) is 6.36 Å². The molecule has 0 fully saturated rings. The number of hydrogen-bond donors (Lipinski definition) is 0. The Kier molecular flexibility index (Phi) is 3.40. The van der Waals surface area contributed by atoms with Gasteiger partial charge in [-0.25, -0.2) is 8.78 Å². The van der Waals surface area contributed by atoms with Crippen molar-refractivity contribution in [1.82, 2.24) is 0 Å². The summed E-state index contributed by atoms with van der Waals surface area (Å²) in [5, 5.41) is 1.39. The van der Waals surface area contributed by atoms with Gasteiger partial charge in [-0.2, -0.15) is 4.39 Å². The van der Waals surface area contributed by atoms with Crippen molar-refractivity contribution in [3.63, 3.8) is 0 Å². The van der Waals surface area contributed by atoms with Crippen molar-refractivity contribution in [2.24, 2.45) is 0 Å². The van der Waals surface area contributed by atoms with Crippen molar-refractivity contribution >= 4 is 21.9 Å². The average Bonchev–Trinajstić information content (AvgIpc) is 3.44. The predicted molar refractivity (Wildman–Crippen MR) is 104 cm³/mol. The molecule has 1 aliphatic heterocycles. The maximum absolute atomic E-state index is 15.7. The van der Waals surface area contributed by atoms with E-state index >= 15 is 8.78 Å². The lowest BCUT2D eigenvalue weighted by Crippen LogP contribution is -2.37. The lowest BCUT2D eigenvalue weighted by atomic mass is 9.76. The van der Waals surface area contributed by atoms with Gasteiger partial charge in [0, 0.05) is 10.8 Å². The Labute approximate surface area is 168 Å². The maximum atomic E-state index is 15.7. The Morgan fingerprint density at radius 3 is 1.87 bits per heavy atom. The first-order chi connectivity index (χ1) is 14.6. The number of alkyl halides is 1. The minimum absolute atomic E-state index is 0.0681. The maximum Gasteiger partial charge on any atom is 0.262 e. The zero-order valence-electron chi connectivity index (χ0n) is 15.4. The zero-order valence-corrected chi connectivity index (χ0v) is 15.4. The summed E-state index contributed by atoms with van der Waals surface area (Å²) in [5.41, 5.74) is -1.26. The molecule has 0 N–H and O–H groups in total. The van der Waals surface area contributed by atoms with E-state index in [4.69, 9.17) is 13.6 Å². The summed E-state index contributed by atoms with van der Waals surface area (Å²) in [4.78, 5) is 0. The lowest BCUT2D eigenvalue weighted by molar-refractivity contribution is 0.0363. The summed E-state index contributed by atoms with van der Waals surface area (Å²) in [5.74, 6) is -2.27. The highest BCUT2D eigenvalue weighted by Crippen LogP contribution is 2.55. The summed E-state index contributed by atoms with van der Waals surface area (Å²) in [6.45, 7) is 0. The molecule has 6 rings (SSSR count). The molecule has 0 saturated carbocycles. The average molecular weight is 406 g/mol. The molecule has 6 heteroatoms. The number of furan rings is 2. The van der Waals surface area contributed by atoms with Gasteiger partial charge < -0.3 is 13.6 Å². The second-order valence-electron chi connectivity index (χ2n) is 7.27. The molecule has 0 amide bonds. The smallest absolute Gasteiger partial charge is 0.262 e. The molecule has 30 heavy (non-hydrogen) atoms. The first-order valence-electron chi connectivity index (χ1n) is 9.36. The van der Waals surface area contributed by atoms with Crippen LogP contribution < -0.4 is 4.74 Å². The van der Waals surface area contributed by atoms with Gasteiger partial charge in [0.2, 0.25) is 0 Å². The van der Waals surface area contributed by atoms with Crippen LogP contribution in [0.3, 0.4) is 0 Å². The van der Waals surface area contributed by atoms with Crippen molar-refractivity contribution in [2.75, 3.05) is 0 Å². The molecular formula is C24H13F3O3. The van der Waals surface area contributed by atoms with Gasteiger partial charge in [0.1, 0.15) is 28.4 Å². The largest absolute Gasteiger partial charge is 0.459 e. The van der Waals surface area contributed by atoms with E-state index in [1.54, 1.807) is 48.5 Å². The van der Waals surface area contributed by atoms with Crippen molar-refractivity contribution in [3.8, 4) is 5.75 Å². The third kappa shape index (κ3) is 2.10. The molecule has 3 heterocycles. The Bertz CT molecular complexity index is 1290. The first-order valence-corrected chi connectivity index (χ1v) is 9.36. The molecule has 3 aromatic carbocycles. The van der Waals surface area contributed by atoms with Crippen LogP contribution in [0.2, 0.25) is 0 Å². The molecule has 1 atom stereocenters. The topological polar surface area (TPSA) is 35.5 Å². The SMILES string of the molecule is Fc1ccc2c(c1F)C(c1cc3ccccc3o1)(c1cc3ccccc3o1)C(F)O2. The Hall–Kier alpha value is -3.67. The van der Waals surface area contributed by atoms with Crippen LogP contribution in [0.25, 0.3) is 21.9 Å². The van der Waals surface area contributed by atoms with Gasteiger partial charge in [-0.05, 0) is 36.4 Å². The van der Waals surface area contributed by atoms with E-state index in [1.165, 1.54) is 6.07 Å². The van der Waals surface area contributed by atoms with E-state index in [0.29, 0.717) is 21.9 Å². The standard InChI is InChI=1S/C24H13F3O3/c25-15-9-10-18-21(22(15)26)24(23(27)30-18,19-11-13-5-1-3-7-16(13)28-19)20-12-14-6-2-4-8-17(14)29-20/h1-12,23H. The lowest BCUT2D eigenvalue weighted by Gasteiger charge is -2.26. The van der Waals surface area contributed by atoms with Crippen molar-refractivity contribution in [2.45, 2.75) is 11.8 Å². The quantitative estimate of drug-likeness (QED) is 0.337. The van der Waals surface area contributed by atoms with Gasteiger partial charge >= 0.3 is 0 Å². The molecule has 0 bridgehead atoms. The minimum Gasteiger partial charge on any atom is -0.459 e. The molecular weight excluding hydrogens is 393 g/mol. The van der Waals surface area contributed by atoms with Crippen LogP contribution >= 0.6 is 0 Å². The molecule has 2 aromatic heterocycles. The number of benzene rings is 3. The molecule has 3 nitrogen and oxygen atoms in total. The second-order valence-corrected chi connectivity index (χ2v) is 7.27. The van der Waals surface area contributed by atoms with Crippen molar-refractivity contribution in [3.05, 3.63) is 102 Å². The van der Waals surface area contributed by atoms with E-state index in [1.807, 2.05) is 12.1 Å². The second kappa shape index (κ2) is 5.92. The van der Waals surface area contributed by atoms with Crippen molar-refractivity contribution < 1.29 is 26.7 Å². The Balaban J connectivity index is 1.75. The van der Waals surface area contributed by atoms with E-state index in [9.17, 15) is 4.39 Å². The van der Waals surface area contributed by atoms with Crippen LogP contribution in [-0.2, 0) is 5.41 Å². The molecule has 1 unspecified atom stereocenters. The summed E-state index contributed by atoms with van der Waals surface area (Å²) >= 11 is 0. The predicted octanol–water partition coefficient (Wildman–Crippen LogP) is 6.48. The molecule has 0 radical (unpaired) electrons. The van der Waals surface area contributed by atoms with Crippen molar-refractivity contribution in [1.29, 1.82) is 0 Å². The number of halogens is 3. The Morgan fingerprint density at radius 1 is 0.733 bits per heavy atom. The number of rotatable bonds is 2. The van der Waals surface area contributed by atoms with E-state index in [-0.39, 0.29) is 22.8 Å². The number of fused-ring (bicyclic) bond motifs is 3. The first kappa shape index (κ1) is 17.2. The molecule has 0 aliphatic carbocycles. The molecule has 1 aliphatic rings. The van der Waals surface area contributed by atoms with E-state index < -0.39 is 23.4 Å². The molecule has 0 spiro atoms. The fourth-order valence-electron chi connectivity index (χ4n) is 4.26. The molecule has 148 valence electrons. The molecule has 0 saturated heterocycles. The number of para-hydroxylation sites is 2. The van der Waals surface area contributed by atoms with Crippen LogP contribution in [0.5, 0.6) is 5.75 Å². The third-order valence-corrected chi connectivity index (χ3v) is 5.65. The number of hydrogen-bond acceptors (Lipinski definition) is 3.